The first kappa shape index (κ1) is 14.0. The molecule has 100 valence electrons. The van der Waals surface area contributed by atoms with Crippen molar-refractivity contribution in [2.45, 2.75) is 6.18 Å². The van der Waals surface area contributed by atoms with E-state index in [1.807, 2.05) is 0 Å². The van der Waals surface area contributed by atoms with Gasteiger partial charge in [-0.1, -0.05) is 24.0 Å². The maximum Gasteiger partial charge on any atom is 0.416 e. The molecule has 0 aromatic heterocycles. The van der Waals surface area contributed by atoms with E-state index in [4.69, 9.17) is 12.2 Å². The number of thioether (sulfide) groups is 1. The lowest BCUT2D eigenvalue weighted by molar-refractivity contribution is -0.137. The van der Waals surface area contributed by atoms with Crippen LogP contribution in [0, 0.1) is 5.82 Å². The Hall–Kier alpha value is -1.41. The number of thiocarbonyl (C=S) groups is 1. The molecule has 1 aliphatic rings. The maximum absolute atomic E-state index is 13.4. The van der Waals surface area contributed by atoms with Gasteiger partial charge >= 0.3 is 6.18 Å². The zero-order valence-electron chi connectivity index (χ0n) is 9.05. The predicted octanol–water partition coefficient (Wildman–Crippen LogP) is 3.33. The second kappa shape index (κ2) is 4.93. The summed E-state index contributed by atoms with van der Waals surface area (Å²) in [7, 11) is 0. The molecule has 1 aromatic carbocycles. The van der Waals surface area contributed by atoms with Gasteiger partial charge in [-0.3, -0.25) is 4.79 Å². The van der Waals surface area contributed by atoms with Gasteiger partial charge in [0.25, 0.3) is 5.91 Å². The molecular weight excluding hydrogens is 302 g/mol. The Morgan fingerprint density at radius 1 is 1.32 bits per heavy atom. The number of alkyl halides is 3. The average Bonchev–Trinajstić information content (AvgIpc) is 2.59. The minimum Gasteiger partial charge on any atom is -0.307 e. The lowest BCUT2D eigenvalue weighted by Gasteiger charge is -2.07. The second-order valence-electron chi connectivity index (χ2n) is 3.59. The van der Waals surface area contributed by atoms with Gasteiger partial charge in [0.1, 0.15) is 10.1 Å². The van der Waals surface area contributed by atoms with Gasteiger partial charge in [0.2, 0.25) is 0 Å². The van der Waals surface area contributed by atoms with Crippen LogP contribution in [0.4, 0.5) is 17.6 Å². The Bertz CT molecular complexity index is 595. The van der Waals surface area contributed by atoms with Crippen LogP contribution < -0.4 is 5.32 Å². The lowest BCUT2D eigenvalue weighted by Crippen LogP contribution is -2.17. The SMILES string of the molecule is O=C1NC(=S)S/C1=C\c1cc(C(F)(F)F)ccc1F. The van der Waals surface area contributed by atoms with Crippen LogP contribution >= 0.6 is 24.0 Å². The normalized spacial score (nSPS) is 18.0. The Morgan fingerprint density at radius 2 is 2.00 bits per heavy atom. The lowest BCUT2D eigenvalue weighted by atomic mass is 10.1. The number of halogens is 4. The summed E-state index contributed by atoms with van der Waals surface area (Å²) in [4.78, 5) is 11.4. The van der Waals surface area contributed by atoms with Crippen LogP contribution in [0.3, 0.4) is 0 Å². The van der Waals surface area contributed by atoms with Gasteiger partial charge in [-0.05, 0) is 24.3 Å². The fourth-order valence-electron chi connectivity index (χ4n) is 1.39. The third-order valence-corrected chi connectivity index (χ3v) is 3.41. The Kier molecular flexibility index (Phi) is 3.64. The van der Waals surface area contributed by atoms with Crippen LogP contribution in [0.5, 0.6) is 0 Å². The van der Waals surface area contributed by atoms with E-state index < -0.39 is 23.5 Å². The second-order valence-corrected chi connectivity index (χ2v) is 5.31. The minimum atomic E-state index is -4.57. The summed E-state index contributed by atoms with van der Waals surface area (Å²) in [6, 6.07) is 2.01. The van der Waals surface area contributed by atoms with Gasteiger partial charge in [-0.15, -0.1) is 0 Å². The summed E-state index contributed by atoms with van der Waals surface area (Å²) < 4.78 is 51.1. The van der Waals surface area contributed by atoms with Crippen molar-refractivity contribution in [1.82, 2.24) is 5.32 Å². The highest BCUT2D eigenvalue weighted by Crippen LogP contribution is 2.32. The number of amides is 1. The standard InChI is InChI=1S/C11H5F4NOS2/c12-7-2-1-6(11(13,14)15)3-5(7)4-8-9(17)16-10(18)19-8/h1-4H,(H,16,17,18)/b8-4-. The Balaban J connectivity index is 2.43. The van der Waals surface area contributed by atoms with Crippen molar-refractivity contribution in [1.29, 1.82) is 0 Å². The molecule has 1 saturated heterocycles. The van der Waals surface area contributed by atoms with E-state index >= 15 is 0 Å². The first-order valence-corrected chi connectivity index (χ1v) is 6.11. The molecule has 0 atom stereocenters. The fraction of sp³-hybridized carbons (Fsp3) is 0.0909. The molecular formula is C11H5F4NOS2. The molecule has 1 N–H and O–H groups in total. The average molecular weight is 307 g/mol. The smallest absolute Gasteiger partial charge is 0.307 e. The van der Waals surface area contributed by atoms with Crippen LogP contribution in [-0.2, 0) is 11.0 Å². The van der Waals surface area contributed by atoms with E-state index in [9.17, 15) is 22.4 Å². The van der Waals surface area contributed by atoms with Crippen molar-refractivity contribution in [3.63, 3.8) is 0 Å². The molecule has 1 amide bonds. The highest BCUT2D eigenvalue weighted by Gasteiger charge is 2.31. The largest absolute Gasteiger partial charge is 0.416 e. The van der Waals surface area contributed by atoms with Crippen LogP contribution in [0.2, 0.25) is 0 Å². The van der Waals surface area contributed by atoms with E-state index in [1.54, 1.807) is 0 Å². The summed E-state index contributed by atoms with van der Waals surface area (Å²) in [6.45, 7) is 0. The van der Waals surface area contributed by atoms with E-state index in [2.05, 4.69) is 5.32 Å². The molecule has 0 unspecified atom stereocenters. The Labute approximate surface area is 114 Å². The van der Waals surface area contributed by atoms with Gasteiger partial charge in [-0.25, -0.2) is 4.39 Å². The molecule has 19 heavy (non-hydrogen) atoms. The first-order valence-electron chi connectivity index (χ1n) is 4.89. The van der Waals surface area contributed by atoms with Crippen molar-refractivity contribution >= 4 is 40.3 Å². The van der Waals surface area contributed by atoms with E-state index in [0.29, 0.717) is 18.2 Å². The van der Waals surface area contributed by atoms with E-state index in [0.717, 1.165) is 17.8 Å². The minimum absolute atomic E-state index is 0.0585. The number of carbonyl (C=O) groups excluding carboxylic acids is 1. The van der Waals surface area contributed by atoms with E-state index in [-0.39, 0.29) is 14.8 Å². The molecule has 0 bridgehead atoms. The van der Waals surface area contributed by atoms with Gasteiger partial charge in [-0.2, -0.15) is 13.2 Å². The van der Waals surface area contributed by atoms with Gasteiger partial charge in [0.15, 0.2) is 0 Å². The molecule has 1 fully saturated rings. The van der Waals surface area contributed by atoms with E-state index in [1.165, 1.54) is 0 Å². The fourth-order valence-corrected chi connectivity index (χ4v) is 2.43. The summed E-state index contributed by atoms with van der Waals surface area (Å²) >= 11 is 5.60. The van der Waals surface area contributed by atoms with Crippen molar-refractivity contribution in [3.8, 4) is 0 Å². The first-order chi connectivity index (χ1) is 8.77. The quantitative estimate of drug-likeness (QED) is 0.490. The molecule has 2 nitrogen and oxygen atoms in total. The zero-order chi connectivity index (χ0) is 14.2. The summed E-state index contributed by atoms with van der Waals surface area (Å²) in [5, 5.41) is 2.29. The molecule has 0 aliphatic carbocycles. The number of hydrogen-bond acceptors (Lipinski definition) is 3. The molecule has 1 aromatic rings. The van der Waals surface area contributed by atoms with Crippen LogP contribution in [-0.4, -0.2) is 10.2 Å². The summed E-state index contributed by atoms with van der Waals surface area (Å²) in [5.74, 6) is -1.39. The third-order valence-electron chi connectivity index (χ3n) is 2.25. The molecule has 1 aliphatic heterocycles. The summed E-state index contributed by atoms with van der Waals surface area (Å²) in [5.41, 5.74) is -1.29. The van der Waals surface area contributed by atoms with Gasteiger partial charge in [0.05, 0.1) is 10.5 Å². The molecule has 0 spiro atoms. The van der Waals surface area contributed by atoms with Crippen molar-refractivity contribution in [2.24, 2.45) is 0 Å². The number of carbonyl (C=O) groups is 1. The van der Waals surface area contributed by atoms with Crippen LogP contribution in [0.1, 0.15) is 11.1 Å². The van der Waals surface area contributed by atoms with Crippen molar-refractivity contribution in [2.75, 3.05) is 0 Å². The zero-order valence-corrected chi connectivity index (χ0v) is 10.7. The molecule has 1 heterocycles. The predicted molar refractivity (Wildman–Crippen MR) is 67.7 cm³/mol. The monoisotopic (exact) mass is 307 g/mol. The molecule has 0 saturated carbocycles. The maximum atomic E-state index is 13.4. The van der Waals surface area contributed by atoms with Crippen molar-refractivity contribution < 1.29 is 22.4 Å². The van der Waals surface area contributed by atoms with Crippen LogP contribution in [0.15, 0.2) is 23.1 Å². The van der Waals surface area contributed by atoms with Crippen LogP contribution in [0.25, 0.3) is 6.08 Å². The van der Waals surface area contributed by atoms with Gasteiger partial charge in [0, 0.05) is 5.56 Å². The number of benzene rings is 1. The topological polar surface area (TPSA) is 29.1 Å². The Morgan fingerprint density at radius 3 is 2.53 bits per heavy atom. The third kappa shape index (κ3) is 3.13. The highest BCUT2D eigenvalue weighted by molar-refractivity contribution is 8.26. The van der Waals surface area contributed by atoms with Gasteiger partial charge < -0.3 is 5.32 Å². The molecule has 0 radical (unpaired) electrons. The highest BCUT2D eigenvalue weighted by atomic mass is 32.2. The van der Waals surface area contributed by atoms with Crippen molar-refractivity contribution in [3.05, 3.63) is 40.0 Å². The number of hydrogen-bond donors (Lipinski definition) is 1. The number of rotatable bonds is 1. The summed E-state index contributed by atoms with van der Waals surface area (Å²) in [6.07, 6.45) is -3.52. The molecule has 8 heteroatoms. The number of nitrogens with one attached hydrogen (secondary N) is 1. The molecule has 2 rings (SSSR count).